The van der Waals surface area contributed by atoms with E-state index in [1.54, 1.807) is 30.3 Å². The molecule has 0 spiro atoms. The first-order valence-electron chi connectivity index (χ1n) is 6.98. The summed E-state index contributed by atoms with van der Waals surface area (Å²) in [7, 11) is 0. The van der Waals surface area contributed by atoms with Gasteiger partial charge in [-0.05, 0) is 48.0 Å². The second kappa shape index (κ2) is 6.29. The van der Waals surface area contributed by atoms with Crippen molar-refractivity contribution in [3.05, 3.63) is 89.6 Å². The Morgan fingerprint density at radius 1 is 1.12 bits per heavy atom. The number of nitro groups is 1. The Labute approximate surface area is 144 Å². The van der Waals surface area contributed by atoms with E-state index >= 15 is 0 Å². The molecule has 1 aromatic heterocycles. The van der Waals surface area contributed by atoms with Gasteiger partial charge in [0.2, 0.25) is 0 Å². The lowest BCUT2D eigenvalue weighted by molar-refractivity contribution is -0.384. The van der Waals surface area contributed by atoms with E-state index in [0.717, 1.165) is 4.47 Å². The van der Waals surface area contributed by atoms with E-state index in [2.05, 4.69) is 27.6 Å². The second-order valence-corrected chi connectivity index (χ2v) is 6.03. The molecule has 7 heteroatoms. The van der Waals surface area contributed by atoms with Gasteiger partial charge in [-0.3, -0.25) is 20.0 Å². The van der Waals surface area contributed by atoms with Crippen LogP contribution >= 0.6 is 15.9 Å². The van der Waals surface area contributed by atoms with Gasteiger partial charge in [0.25, 0.3) is 11.2 Å². The Bertz CT molecular complexity index is 1060. The van der Waals surface area contributed by atoms with Crippen molar-refractivity contribution in [1.29, 1.82) is 0 Å². The Balaban J connectivity index is 2.09. The summed E-state index contributed by atoms with van der Waals surface area (Å²) in [6.07, 6.45) is 1.65. The van der Waals surface area contributed by atoms with Gasteiger partial charge in [0.1, 0.15) is 0 Å². The number of hydrogen-bond donors (Lipinski definition) is 1. The quantitative estimate of drug-likeness (QED) is 0.553. The average molecular weight is 386 g/mol. The molecule has 0 saturated heterocycles. The highest BCUT2D eigenvalue weighted by Crippen LogP contribution is 2.12. The summed E-state index contributed by atoms with van der Waals surface area (Å²) in [5, 5.41) is 14.5. The number of aromatic amines is 1. The fourth-order valence-electron chi connectivity index (χ4n) is 2.28. The van der Waals surface area contributed by atoms with Crippen LogP contribution < -0.4 is 16.1 Å². The van der Waals surface area contributed by atoms with Crippen LogP contribution in [0.5, 0.6) is 0 Å². The summed E-state index contributed by atoms with van der Waals surface area (Å²) >= 11 is 3.35. The maximum atomic E-state index is 12.6. The van der Waals surface area contributed by atoms with Crippen molar-refractivity contribution in [3.8, 4) is 5.69 Å². The number of H-pyrrole nitrogens is 1. The molecule has 0 unspecified atom stereocenters. The van der Waals surface area contributed by atoms with E-state index in [0.29, 0.717) is 21.8 Å². The third-order valence-electron chi connectivity index (χ3n) is 3.51. The van der Waals surface area contributed by atoms with Crippen molar-refractivity contribution >= 4 is 34.3 Å². The number of nitrogens with one attached hydrogen (secondary N) is 1. The van der Waals surface area contributed by atoms with E-state index < -0.39 is 4.92 Å². The van der Waals surface area contributed by atoms with Crippen LogP contribution in [0.4, 0.5) is 5.69 Å². The lowest BCUT2D eigenvalue weighted by Crippen LogP contribution is -2.33. The zero-order valence-corrected chi connectivity index (χ0v) is 14.0. The van der Waals surface area contributed by atoms with E-state index in [1.807, 2.05) is 12.1 Å². The van der Waals surface area contributed by atoms with Gasteiger partial charge in [-0.25, -0.2) is 4.68 Å². The van der Waals surface area contributed by atoms with Crippen LogP contribution in [-0.2, 0) is 0 Å². The Hall–Kier alpha value is -2.93. The monoisotopic (exact) mass is 385 g/mol. The van der Waals surface area contributed by atoms with Crippen molar-refractivity contribution in [2.24, 2.45) is 0 Å². The normalized spacial score (nSPS) is 11.6. The smallest absolute Gasteiger partial charge is 0.279 e. The van der Waals surface area contributed by atoms with Gasteiger partial charge in [-0.2, -0.15) is 0 Å². The zero-order valence-electron chi connectivity index (χ0n) is 12.4. The van der Waals surface area contributed by atoms with Crippen molar-refractivity contribution in [1.82, 2.24) is 9.78 Å². The van der Waals surface area contributed by atoms with Gasteiger partial charge in [-0.1, -0.05) is 22.5 Å². The number of nitro benzene ring substituents is 1. The molecule has 0 atom stereocenters. The standard InChI is InChI=1S/C17H12BrN3O3/c1-11-16(10-12-2-6-15(7-3-12)21(23)24)17(22)20(19-11)14-8-4-13(18)5-9-14/h2-10,19H,1H2/b16-10-. The minimum Gasteiger partial charge on any atom is -0.291 e. The highest BCUT2D eigenvalue weighted by atomic mass is 79.9. The summed E-state index contributed by atoms with van der Waals surface area (Å²) < 4.78 is 2.32. The van der Waals surface area contributed by atoms with Gasteiger partial charge in [0, 0.05) is 16.6 Å². The number of hydrogen-bond acceptors (Lipinski definition) is 3. The first-order chi connectivity index (χ1) is 11.5. The molecule has 0 aliphatic rings. The molecule has 0 saturated carbocycles. The predicted molar refractivity (Wildman–Crippen MR) is 95.5 cm³/mol. The second-order valence-electron chi connectivity index (χ2n) is 5.11. The number of rotatable bonds is 3. The first kappa shape index (κ1) is 15.9. The van der Waals surface area contributed by atoms with Gasteiger partial charge in [0.05, 0.1) is 21.2 Å². The highest BCUT2D eigenvalue weighted by Gasteiger charge is 2.06. The molecule has 0 amide bonds. The maximum Gasteiger partial charge on any atom is 0.279 e. The predicted octanol–water partition coefficient (Wildman–Crippen LogP) is 2.08. The van der Waals surface area contributed by atoms with Gasteiger partial charge >= 0.3 is 0 Å². The molecule has 120 valence electrons. The molecule has 3 aromatic rings. The van der Waals surface area contributed by atoms with E-state index in [-0.39, 0.29) is 11.2 Å². The van der Waals surface area contributed by atoms with Crippen molar-refractivity contribution in [2.75, 3.05) is 0 Å². The SMILES string of the molecule is C=c1[nH]n(-c2ccc(Br)cc2)c(=O)/c1=C\c1ccc([N+](=O)[O-])cc1. The number of aromatic nitrogens is 2. The summed E-state index contributed by atoms with van der Waals surface area (Å²) in [6, 6.07) is 13.3. The molecule has 0 aliphatic carbocycles. The third kappa shape index (κ3) is 3.07. The lowest BCUT2D eigenvalue weighted by atomic mass is 10.2. The van der Waals surface area contributed by atoms with Crippen LogP contribution in [0.1, 0.15) is 5.56 Å². The van der Waals surface area contributed by atoms with E-state index in [4.69, 9.17) is 0 Å². The first-order valence-corrected chi connectivity index (χ1v) is 7.77. The number of non-ortho nitro benzene ring substituents is 1. The minimum atomic E-state index is -0.465. The maximum absolute atomic E-state index is 12.6. The van der Waals surface area contributed by atoms with Crippen molar-refractivity contribution in [3.63, 3.8) is 0 Å². The molecule has 0 radical (unpaired) electrons. The van der Waals surface area contributed by atoms with Crippen LogP contribution in [0.15, 0.2) is 57.8 Å². The van der Waals surface area contributed by atoms with Crippen molar-refractivity contribution < 1.29 is 4.92 Å². The zero-order chi connectivity index (χ0) is 17.3. The summed E-state index contributed by atoms with van der Waals surface area (Å²) in [6.45, 7) is 3.86. The molecular weight excluding hydrogens is 374 g/mol. The largest absolute Gasteiger partial charge is 0.291 e. The molecule has 2 aromatic carbocycles. The van der Waals surface area contributed by atoms with Gasteiger partial charge in [-0.15, -0.1) is 0 Å². The van der Waals surface area contributed by atoms with Crippen molar-refractivity contribution in [2.45, 2.75) is 0 Å². The Morgan fingerprint density at radius 3 is 2.33 bits per heavy atom. The number of nitrogens with zero attached hydrogens (tertiary/aromatic N) is 2. The lowest BCUT2D eigenvalue weighted by Gasteiger charge is -2.00. The van der Waals surface area contributed by atoms with Crippen LogP contribution in [0.25, 0.3) is 18.3 Å². The van der Waals surface area contributed by atoms with E-state index in [1.165, 1.54) is 16.8 Å². The highest BCUT2D eigenvalue weighted by molar-refractivity contribution is 9.10. The molecule has 24 heavy (non-hydrogen) atoms. The fourth-order valence-corrected chi connectivity index (χ4v) is 2.54. The number of benzene rings is 2. The van der Waals surface area contributed by atoms with Crippen LogP contribution in [0.3, 0.4) is 0 Å². The molecule has 1 heterocycles. The van der Waals surface area contributed by atoms with Gasteiger partial charge < -0.3 is 0 Å². The van der Waals surface area contributed by atoms with Crippen LogP contribution in [0, 0.1) is 10.1 Å². The van der Waals surface area contributed by atoms with Gasteiger partial charge in [0.15, 0.2) is 0 Å². The molecule has 0 bridgehead atoms. The molecule has 0 aliphatic heterocycles. The topological polar surface area (TPSA) is 80.9 Å². The fraction of sp³-hybridized carbons (Fsp3) is 0. The summed E-state index contributed by atoms with van der Waals surface area (Å²) in [4.78, 5) is 22.8. The summed E-state index contributed by atoms with van der Waals surface area (Å²) in [5.41, 5.74) is 1.14. The Kier molecular flexibility index (Phi) is 4.18. The van der Waals surface area contributed by atoms with Crippen LogP contribution in [-0.4, -0.2) is 14.7 Å². The third-order valence-corrected chi connectivity index (χ3v) is 4.03. The molecular formula is C17H12BrN3O3. The molecule has 1 N–H and O–H groups in total. The molecule has 0 fully saturated rings. The minimum absolute atomic E-state index is 0.00309. The summed E-state index contributed by atoms with van der Waals surface area (Å²) in [5.74, 6) is 0. The van der Waals surface area contributed by atoms with Crippen LogP contribution in [0.2, 0.25) is 0 Å². The molecule has 3 rings (SSSR count). The molecule has 6 nitrogen and oxygen atoms in total. The number of halogens is 1. The van der Waals surface area contributed by atoms with E-state index in [9.17, 15) is 14.9 Å². The Morgan fingerprint density at radius 2 is 1.75 bits per heavy atom. The average Bonchev–Trinajstić information content (AvgIpc) is 2.84.